The number of aromatic hydroxyl groups is 30. The van der Waals surface area contributed by atoms with Gasteiger partial charge in [-0.2, -0.15) is 0 Å². The predicted molar refractivity (Wildman–Crippen MR) is 413 cm³/mol. The Labute approximate surface area is 728 Å². The molecule has 0 radical (unpaired) electrons. The molecule has 0 saturated carbocycles. The first-order valence-electron chi connectivity index (χ1n) is 37.6. The molecule has 50 nitrogen and oxygen atoms in total. The Morgan fingerprint density at radius 2 is 0.398 bits per heavy atom. The van der Waals surface area contributed by atoms with Crippen LogP contribution in [0.5, 0.6) is 172 Å². The summed E-state index contributed by atoms with van der Waals surface area (Å²) in [6, 6.07) is 0.573. The van der Waals surface area contributed by atoms with Gasteiger partial charge < -0.3 is 201 Å². The second-order valence-electron chi connectivity index (χ2n) is 30.6. The lowest BCUT2D eigenvalue weighted by molar-refractivity contribution is -0.136. The van der Waals surface area contributed by atoms with Gasteiger partial charge in [0.15, 0.2) is 158 Å². The molecule has 0 fully saturated rings. The van der Waals surface area contributed by atoms with Gasteiger partial charge in [0.2, 0.25) is 57.5 Å². The Morgan fingerprint density at radius 3 is 0.737 bits per heavy atom. The summed E-state index contributed by atoms with van der Waals surface area (Å²) in [6.45, 7) is -3.20. The Balaban J connectivity index is 0.956. The Kier molecular flexibility index (Phi) is 18.1. The molecule has 1 unspecified atom stereocenters. The van der Waals surface area contributed by atoms with Crippen LogP contribution in [0.4, 0.5) is 0 Å². The van der Waals surface area contributed by atoms with Gasteiger partial charge in [-0.3, -0.25) is 0 Å². The summed E-state index contributed by atoms with van der Waals surface area (Å²) >= 11 is 0. The maximum absolute atomic E-state index is 16.9. The van der Waals surface area contributed by atoms with Crippen molar-refractivity contribution in [1.29, 1.82) is 0 Å². The Bertz CT molecular complexity index is 7280. The molecule has 684 valence electrons. The van der Waals surface area contributed by atoms with Crippen LogP contribution in [0.15, 0.2) is 30.3 Å². The van der Waals surface area contributed by atoms with E-state index in [2.05, 4.69) is 0 Å². The standard InChI is InChI=1S/C83H52O50/c1-9-22-38-31(57(103)63(109)48(22)94)32-40-29(55(101)64(110)58(32)104)25-13(5-18(87)45(91)51(25)97)76(116)127-21-8-125-79(119)39-28(27-14(6-19(88)47(93)53(27)99)78(118)129-69(21)72(132-82(40)122)68(9)128-80(38)120)54(100)66(112)61(107)35(39)37-36-42-34(60(106)67(113)62(36)108)33-41-30(56(102)65(111)59(33)105)26-12(4-17(86)46(92)52(26)98)75(115)126-20-7-124-74(114)10-2-15(84)43(89)49(95)23(10)24-11(3-16(85)44(90)50(24)96)77(117)130-70(20)73(133-83(41)123)71(37)131-81(42)121/h2-6,9,20-21,37,68-73,84-113H,7-8H2,1H3/t9?,20-,21-,37+,68+,69-,70-,71+,72-,73+/m1/s1. The van der Waals surface area contributed by atoms with Crippen molar-refractivity contribution < 1.29 is 249 Å². The summed E-state index contributed by atoms with van der Waals surface area (Å²) in [5.41, 5.74) is -41.0. The molecule has 9 heterocycles. The van der Waals surface area contributed by atoms with Crippen molar-refractivity contribution >= 4 is 59.7 Å². The van der Waals surface area contributed by atoms with Crippen LogP contribution in [0, 0.1) is 0 Å². The number of hydrogen-bond donors (Lipinski definition) is 30. The molecule has 9 aliphatic rings. The third-order valence-electron chi connectivity index (χ3n) is 23.8. The first-order valence-corrected chi connectivity index (χ1v) is 37.6. The fraction of sp³-hybridized carbons (Fsp3) is 0.157. The Hall–Kier alpha value is -19.1. The van der Waals surface area contributed by atoms with Gasteiger partial charge in [-0.05, 0) is 30.3 Å². The van der Waals surface area contributed by atoms with Crippen LogP contribution in [0.3, 0.4) is 0 Å². The van der Waals surface area contributed by atoms with Crippen molar-refractivity contribution in [2.75, 3.05) is 13.2 Å². The number of ether oxygens (including phenoxy) is 10. The summed E-state index contributed by atoms with van der Waals surface area (Å²) in [4.78, 5) is 159. The number of hydrogen-bond acceptors (Lipinski definition) is 50. The van der Waals surface area contributed by atoms with E-state index in [1.807, 2.05) is 0 Å². The number of rotatable bonds is 1. The highest BCUT2D eigenvalue weighted by molar-refractivity contribution is 6.20. The van der Waals surface area contributed by atoms with E-state index in [1.54, 1.807) is 0 Å². The lowest BCUT2D eigenvalue weighted by Crippen LogP contribution is -2.56. The zero-order valence-electron chi connectivity index (χ0n) is 65.2. The van der Waals surface area contributed by atoms with Crippen LogP contribution >= 0.6 is 0 Å². The number of carbonyl (C=O) groups excluding carboxylic acids is 10. The number of phenols is 30. The molecular weight excluding hydrogens is 1800 g/mol. The predicted octanol–water partition coefficient (Wildman–Crippen LogP) is 4.12. The summed E-state index contributed by atoms with van der Waals surface area (Å²) in [5.74, 6) is -84.5. The summed E-state index contributed by atoms with van der Waals surface area (Å²) in [6.07, 6.45) is -26.0. The molecule has 0 aromatic heterocycles. The fourth-order valence-electron chi connectivity index (χ4n) is 17.8. The van der Waals surface area contributed by atoms with E-state index in [0.29, 0.717) is 0 Å². The van der Waals surface area contributed by atoms with Gasteiger partial charge in [0.25, 0.3) is 0 Å². The average molecular weight is 1850 g/mol. The molecular formula is C83H52O50. The molecule has 10 aromatic carbocycles. The molecule has 19 rings (SSSR count). The highest BCUT2D eigenvalue weighted by atomic mass is 16.7. The van der Waals surface area contributed by atoms with Crippen LogP contribution in [-0.2, 0) is 47.4 Å². The van der Waals surface area contributed by atoms with Crippen LogP contribution in [0.2, 0.25) is 0 Å². The SMILES string of the molecule is CC1c2c(O)c(O)c(O)c3c2C(=O)O[C@@H]1[C@H]1OC(=O)c2c(c(O)c(O)c(O)c2-3)-c2c(cc(O)c(O)c2O)C(=O)O[C@@H]2COC(=O)c3c(c(O)c(O)c(O)c3[C@H]3c4c(O)c(O)c(O)c5c4C(=O)O[C@@H]3[C@H]3OC(=O)c4c(c(O)c(O)c(O)c4-5)-c4c(cc(O)c(O)c4O)C(=O)O[C@@H]4COC(=O)c5cc(O)c(O)c(O)c5-c5c(cc(O)c(O)c5O)C(=O)O[C@@H]34)-c3c(cc(O)c(O)c3O)C(=O)O[C@@H]12. The van der Waals surface area contributed by atoms with Gasteiger partial charge in [0.05, 0.1) is 61.6 Å². The van der Waals surface area contributed by atoms with Crippen molar-refractivity contribution in [3.8, 4) is 239 Å². The van der Waals surface area contributed by atoms with E-state index in [-0.39, 0.29) is 30.3 Å². The largest absolute Gasteiger partial charge is 0.504 e. The van der Waals surface area contributed by atoms with Crippen molar-refractivity contribution in [3.63, 3.8) is 0 Å². The summed E-state index contributed by atoms with van der Waals surface area (Å²) in [7, 11) is 0. The quantitative estimate of drug-likeness (QED) is 0.0624. The summed E-state index contributed by atoms with van der Waals surface area (Å²) < 4.78 is 59.4. The molecule has 9 aliphatic heterocycles. The Morgan fingerprint density at radius 1 is 0.188 bits per heavy atom. The number of cyclic esters (lactones) is 2. The molecule has 0 saturated heterocycles. The number of phenolic OH excluding ortho intramolecular Hbond substituents is 30. The van der Waals surface area contributed by atoms with Gasteiger partial charge in [0.1, 0.15) is 19.3 Å². The van der Waals surface area contributed by atoms with Gasteiger partial charge in [0, 0.05) is 89.4 Å². The zero-order chi connectivity index (χ0) is 96.3. The second-order valence-corrected chi connectivity index (χ2v) is 30.6. The van der Waals surface area contributed by atoms with Crippen LogP contribution in [0.25, 0.3) is 66.8 Å². The van der Waals surface area contributed by atoms with E-state index in [1.165, 1.54) is 0 Å². The minimum absolute atomic E-state index is 0.00565. The normalized spacial score (nSPS) is 20.8. The number of fused-ring (bicyclic) bond motifs is 20. The number of carbonyl (C=O) groups is 10. The minimum Gasteiger partial charge on any atom is -0.504 e. The van der Waals surface area contributed by atoms with Gasteiger partial charge in [-0.25, -0.2) is 47.9 Å². The smallest absolute Gasteiger partial charge is 0.340 e. The maximum Gasteiger partial charge on any atom is 0.340 e. The summed E-state index contributed by atoms with van der Waals surface area (Å²) in [5, 5.41) is 357. The van der Waals surface area contributed by atoms with E-state index in [4.69, 9.17) is 47.4 Å². The highest BCUT2D eigenvalue weighted by Gasteiger charge is 2.61. The van der Waals surface area contributed by atoms with E-state index in [0.717, 1.165) is 6.92 Å². The average Bonchev–Trinajstić information content (AvgIpc) is 1.67. The topological polar surface area (TPSA) is 870 Å². The van der Waals surface area contributed by atoms with E-state index >= 15 is 43.2 Å². The van der Waals surface area contributed by atoms with Gasteiger partial charge in [-0.15, -0.1) is 0 Å². The van der Waals surface area contributed by atoms with Gasteiger partial charge in [-0.1, -0.05) is 6.92 Å². The molecule has 0 amide bonds. The van der Waals surface area contributed by atoms with Crippen LogP contribution in [-0.4, -0.2) is 275 Å². The lowest BCUT2D eigenvalue weighted by atomic mass is 9.72. The van der Waals surface area contributed by atoms with Crippen molar-refractivity contribution in [2.45, 2.75) is 67.6 Å². The highest BCUT2D eigenvalue weighted by Crippen LogP contribution is 2.68. The third-order valence-corrected chi connectivity index (χ3v) is 23.8. The molecule has 30 N–H and O–H groups in total. The van der Waals surface area contributed by atoms with Crippen molar-refractivity contribution in [1.82, 2.24) is 0 Å². The number of benzene rings is 10. The fourth-order valence-corrected chi connectivity index (χ4v) is 17.8. The van der Waals surface area contributed by atoms with E-state index in [9.17, 15) is 158 Å². The second kappa shape index (κ2) is 28.5. The molecule has 133 heavy (non-hydrogen) atoms. The molecule has 50 heteroatoms. The molecule has 0 aliphatic carbocycles. The first kappa shape index (κ1) is 84.7. The monoisotopic (exact) mass is 1850 g/mol. The van der Waals surface area contributed by atoms with E-state index < -0.39 is 445 Å². The number of esters is 10. The molecule has 10 bridgehead atoms. The van der Waals surface area contributed by atoms with Crippen molar-refractivity contribution in [3.05, 3.63) is 103 Å². The molecule has 10 aromatic rings. The third kappa shape index (κ3) is 11.3. The van der Waals surface area contributed by atoms with Gasteiger partial charge >= 0.3 is 59.7 Å². The van der Waals surface area contributed by atoms with Crippen LogP contribution < -0.4 is 0 Å². The molecule has 0 spiro atoms. The zero-order valence-corrected chi connectivity index (χ0v) is 65.2. The lowest BCUT2D eigenvalue weighted by Gasteiger charge is -2.43. The first-order chi connectivity index (χ1) is 62.6. The maximum atomic E-state index is 16.9. The molecule has 10 atom stereocenters. The van der Waals surface area contributed by atoms with Crippen molar-refractivity contribution in [2.24, 2.45) is 0 Å². The van der Waals surface area contributed by atoms with Crippen LogP contribution in [0.1, 0.15) is 139 Å². The minimum atomic E-state index is -3.64.